The van der Waals surface area contributed by atoms with Gasteiger partial charge in [-0.3, -0.25) is 0 Å². The molecule has 1 aromatic heterocycles. The Kier molecular flexibility index (Phi) is 1.85. The minimum absolute atomic E-state index is 0. The maximum atomic E-state index is 5.38. The molecule has 0 saturated heterocycles. The highest BCUT2D eigenvalue weighted by atomic mass is 35.5. The molecule has 56 valence electrons. The fourth-order valence-electron chi connectivity index (χ4n) is 0.953. The summed E-state index contributed by atoms with van der Waals surface area (Å²) in [7, 11) is 0. The second-order valence-electron chi connectivity index (χ2n) is 2.50. The predicted octanol–water partition coefficient (Wildman–Crippen LogP) is 1.29. The average Bonchev–Trinajstić information content (AvgIpc) is 2.58. The molecule has 1 aliphatic carbocycles. The monoisotopic (exact) mass is 159 g/mol. The number of hydrogen-bond donors (Lipinski definition) is 2. The summed E-state index contributed by atoms with van der Waals surface area (Å²) in [4.78, 5) is 6.90. The van der Waals surface area contributed by atoms with E-state index in [-0.39, 0.29) is 12.4 Å². The molecule has 0 radical (unpaired) electrons. The van der Waals surface area contributed by atoms with Crippen LogP contribution in [0.2, 0.25) is 0 Å². The van der Waals surface area contributed by atoms with Crippen molar-refractivity contribution in [2.24, 2.45) is 0 Å². The normalized spacial score (nSPS) is 16.4. The van der Waals surface area contributed by atoms with Crippen LogP contribution in [0.5, 0.6) is 0 Å². The SMILES string of the molecule is Cl.Nc1ncc(C2CC2)[nH]1. The summed E-state index contributed by atoms with van der Waals surface area (Å²) in [5, 5.41) is 0. The quantitative estimate of drug-likeness (QED) is 0.649. The molecule has 3 nitrogen and oxygen atoms in total. The summed E-state index contributed by atoms with van der Waals surface area (Å²) in [5.41, 5.74) is 6.58. The Balaban J connectivity index is 0.000000500. The van der Waals surface area contributed by atoms with Gasteiger partial charge in [-0.05, 0) is 12.8 Å². The van der Waals surface area contributed by atoms with Crippen LogP contribution in [0.15, 0.2) is 6.20 Å². The van der Waals surface area contributed by atoms with Gasteiger partial charge in [-0.1, -0.05) is 0 Å². The zero-order valence-corrected chi connectivity index (χ0v) is 6.32. The molecule has 4 heteroatoms. The van der Waals surface area contributed by atoms with Crippen molar-refractivity contribution in [3.63, 3.8) is 0 Å². The third-order valence-corrected chi connectivity index (χ3v) is 1.63. The third-order valence-electron chi connectivity index (χ3n) is 1.63. The van der Waals surface area contributed by atoms with Crippen molar-refractivity contribution in [3.8, 4) is 0 Å². The topological polar surface area (TPSA) is 54.7 Å². The fraction of sp³-hybridized carbons (Fsp3) is 0.500. The van der Waals surface area contributed by atoms with Gasteiger partial charge in [0.25, 0.3) is 0 Å². The number of nitrogens with zero attached hydrogens (tertiary/aromatic N) is 1. The molecule has 0 amide bonds. The molecule has 2 rings (SSSR count). The summed E-state index contributed by atoms with van der Waals surface area (Å²) in [6, 6.07) is 0. The van der Waals surface area contributed by atoms with Crippen LogP contribution in [0.3, 0.4) is 0 Å². The smallest absolute Gasteiger partial charge is 0.197 e. The molecule has 1 aromatic rings. The molecular formula is C6H10ClN3. The maximum Gasteiger partial charge on any atom is 0.197 e. The first-order chi connectivity index (χ1) is 4.36. The highest BCUT2D eigenvalue weighted by Gasteiger charge is 2.24. The van der Waals surface area contributed by atoms with Gasteiger partial charge in [-0.25, -0.2) is 4.98 Å². The van der Waals surface area contributed by atoms with Crippen molar-refractivity contribution in [1.82, 2.24) is 9.97 Å². The van der Waals surface area contributed by atoms with Gasteiger partial charge in [0.05, 0.1) is 6.20 Å². The lowest BCUT2D eigenvalue weighted by Gasteiger charge is -1.84. The first kappa shape index (κ1) is 7.41. The number of hydrogen-bond acceptors (Lipinski definition) is 2. The molecule has 1 fully saturated rings. The van der Waals surface area contributed by atoms with Gasteiger partial charge in [0.15, 0.2) is 5.95 Å². The summed E-state index contributed by atoms with van der Waals surface area (Å²) in [6.45, 7) is 0. The van der Waals surface area contributed by atoms with E-state index in [4.69, 9.17) is 5.73 Å². The lowest BCUT2D eigenvalue weighted by atomic mass is 10.3. The largest absolute Gasteiger partial charge is 0.369 e. The van der Waals surface area contributed by atoms with E-state index >= 15 is 0 Å². The van der Waals surface area contributed by atoms with E-state index in [0.717, 1.165) is 5.92 Å². The van der Waals surface area contributed by atoms with E-state index in [1.807, 2.05) is 6.20 Å². The van der Waals surface area contributed by atoms with Gasteiger partial charge in [-0.15, -0.1) is 12.4 Å². The molecule has 0 aliphatic heterocycles. The van der Waals surface area contributed by atoms with Crippen molar-refractivity contribution in [3.05, 3.63) is 11.9 Å². The second kappa shape index (κ2) is 2.50. The summed E-state index contributed by atoms with van der Waals surface area (Å²) >= 11 is 0. The van der Waals surface area contributed by atoms with Gasteiger partial charge < -0.3 is 10.7 Å². The van der Waals surface area contributed by atoms with Crippen LogP contribution in [0.1, 0.15) is 24.5 Å². The Morgan fingerprint density at radius 3 is 2.70 bits per heavy atom. The molecule has 3 N–H and O–H groups in total. The Morgan fingerprint density at radius 2 is 2.30 bits per heavy atom. The van der Waals surface area contributed by atoms with E-state index in [9.17, 15) is 0 Å². The van der Waals surface area contributed by atoms with Crippen LogP contribution in [0.4, 0.5) is 5.95 Å². The van der Waals surface area contributed by atoms with E-state index in [1.54, 1.807) is 0 Å². The molecule has 0 aromatic carbocycles. The molecule has 1 heterocycles. The molecule has 0 spiro atoms. The number of aromatic nitrogens is 2. The van der Waals surface area contributed by atoms with E-state index in [2.05, 4.69) is 9.97 Å². The zero-order valence-electron chi connectivity index (χ0n) is 5.50. The van der Waals surface area contributed by atoms with Crippen LogP contribution >= 0.6 is 12.4 Å². The lowest BCUT2D eigenvalue weighted by molar-refractivity contribution is 1.05. The number of H-pyrrole nitrogens is 1. The van der Waals surface area contributed by atoms with Gasteiger partial charge in [0, 0.05) is 11.6 Å². The molecule has 0 bridgehead atoms. The second-order valence-corrected chi connectivity index (χ2v) is 2.50. The Hall–Kier alpha value is -0.700. The third kappa shape index (κ3) is 1.24. The van der Waals surface area contributed by atoms with Gasteiger partial charge in [-0.2, -0.15) is 0 Å². The van der Waals surface area contributed by atoms with Crippen LogP contribution in [-0.2, 0) is 0 Å². The summed E-state index contributed by atoms with van der Waals surface area (Å²) in [5.74, 6) is 1.27. The van der Waals surface area contributed by atoms with Crippen molar-refractivity contribution in [2.45, 2.75) is 18.8 Å². The zero-order chi connectivity index (χ0) is 6.27. The summed E-state index contributed by atoms with van der Waals surface area (Å²) < 4.78 is 0. The Morgan fingerprint density at radius 1 is 1.60 bits per heavy atom. The molecule has 0 unspecified atom stereocenters. The van der Waals surface area contributed by atoms with E-state index in [0.29, 0.717) is 5.95 Å². The maximum absolute atomic E-state index is 5.38. The van der Waals surface area contributed by atoms with Crippen molar-refractivity contribution < 1.29 is 0 Å². The number of aromatic amines is 1. The fourth-order valence-corrected chi connectivity index (χ4v) is 0.953. The standard InChI is InChI=1S/C6H9N3.ClH/c7-6-8-3-5(9-6)4-1-2-4;/h3-4H,1-2H2,(H3,7,8,9);1H. The highest BCUT2D eigenvalue weighted by molar-refractivity contribution is 5.85. The number of nitrogens with two attached hydrogens (primary N) is 1. The van der Waals surface area contributed by atoms with Crippen molar-refractivity contribution >= 4 is 18.4 Å². The van der Waals surface area contributed by atoms with Crippen molar-refractivity contribution in [2.75, 3.05) is 5.73 Å². The number of nitrogen functional groups attached to an aromatic ring is 1. The first-order valence-corrected chi connectivity index (χ1v) is 3.16. The van der Waals surface area contributed by atoms with Crippen molar-refractivity contribution in [1.29, 1.82) is 0 Å². The molecule has 0 atom stereocenters. The van der Waals surface area contributed by atoms with Crippen LogP contribution < -0.4 is 5.73 Å². The molecule has 1 saturated carbocycles. The minimum Gasteiger partial charge on any atom is -0.369 e. The number of halogens is 1. The number of imidazole rings is 1. The number of rotatable bonds is 1. The number of nitrogens with one attached hydrogen (secondary N) is 1. The highest BCUT2D eigenvalue weighted by Crippen LogP contribution is 2.38. The lowest BCUT2D eigenvalue weighted by Crippen LogP contribution is -1.85. The van der Waals surface area contributed by atoms with Crippen LogP contribution in [0.25, 0.3) is 0 Å². The van der Waals surface area contributed by atoms with Gasteiger partial charge >= 0.3 is 0 Å². The molecular weight excluding hydrogens is 150 g/mol. The van der Waals surface area contributed by atoms with Gasteiger partial charge in [0.2, 0.25) is 0 Å². The van der Waals surface area contributed by atoms with E-state index in [1.165, 1.54) is 18.5 Å². The Labute approximate surface area is 65.4 Å². The first-order valence-electron chi connectivity index (χ1n) is 3.16. The van der Waals surface area contributed by atoms with Gasteiger partial charge in [0.1, 0.15) is 0 Å². The van der Waals surface area contributed by atoms with E-state index < -0.39 is 0 Å². The Bertz CT molecular complexity index is 217. The van der Waals surface area contributed by atoms with Crippen LogP contribution in [-0.4, -0.2) is 9.97 Å². The average molecular weight is 160 g/mol. The molecule has 1 aliphatic rings. The molecule has 10 heavy (non-hydrogen) atoms. The minimum atomic E-state index is 0. The van der Waals surface area contributed by atoms with Crippen LogP contribution in [0, 0.1) is 0 Å². The number of anilines is 1. The predicted molar refractivity (Wildman–Crippen MR) is 42.2 cm³/mol. The summed E-state index contributed by atoms with van der Waals surface area (Å²) in [6.07, 6.45) is 4.41.